The number of nitrogens with zero attached hydrogens (tertiary/aromatic N) is 1. The number of carbonyl (C=O) groups is 1. The maximum Gasteiger partial charge on any atom is 0.328 e. The Hall–Kier alpha value is -2.86. The second kappa shape index (κ2) is 8.01. The Morgan fingerprint density at radius 3 is 2.12 bits per heavy atom. The number of esters is 1. The summed E-state index contributed by atoms with van der Waals surface area (Å²) < 4.78 is 5.66. The Bertz CT molecular complexity index is 784. The van der Waals surface area contributed by atoms with Gasteiger partial charge in [-0.25, -0.2) is 0 Å². The fourth-order valence-corrected chi connectivity index (χ4v) is 3.03. The molecule has 0 saturated carbocycles. The lowest BCUT2D eigenvalue weighted by Crippen LogP contribution is -2.42. The smallest absolute Gasteiger partial charge is 0.328 e. The first-order valence-corrected chi connectivity index (χ1v) is 8.68. The van der Waals surface area contributed by atoms with Gasteiger partial charge in [0.15, 0.2) is 5.41 Å². The number of rotatable bonds is 6. The Balaban J connectivity index is 2.57. The molecule has 0 radical (unpaired) electrons. The van der Waals surface area contributed by atoms with E-state index >= 15 is 0 Å². The zero-order valence-corrected chi connectivity index (χ0v) is 15.6. The molecule has 0 heterocycles. The number of benzene rings is 2. The standard InChI is InChI=1S/C23H25NO2/c1-5-20(19-14-10-7-11-15-19)23(17-24,21(25)26-22(2,3)4)16-18-12-8-6-9-13-18/h5-15,20H,1,16H2,2-4H3/t20-,23+/m0/s1. The van der Waals surface area contributed by atoms with Crippen LogP contribution in [0.25, 0.3) is 0 Å². The highest BCUT2D eigenvalue weighted by molar-refractivity contribution is 5.83. The summed E-state index contributed by atoms with van der Waals surface area (Å²) in [7, 11) is 0. The quantitative estimate of drug-likeness (QED) is 0.543. The van der Waals surface area contributed by atoms with Gasteiger partial charge in [0, 0.05) is 12.3 Å². The minimum absolute atomic E-state index is 0.255. The van der Waals surface area contributed by atoms with Crippen molar-refractivity contribution < 1.29 is 9.53 Å². The van der Waals surface area contributed by atoms with Gasteiger partial charge in [0.05, 0.1) is 6.07 Å². The van der Waals surface area contributed by atoms with Gasteiger partial charge in [-0.15, -0.1) is 6.58 Å². The average molecular weight is 347 g/mol. The molecule has 0 unspecified atom stereocenters. The predicted octanol–water partition coefficient (Wildman–Crippen LogP) is 5.05. The maximum atomic E-state index is 13.2. The van der Waals surface area contributed by atoms with Crippen LogP contribution >= 0.6 is 0 Å². The van der Waals surface area contributed by atoms with E-state index in [1.807, 2.05) is 60.7 Å². The highest BCUT2D eigenvalue weighted by Gasteiger charge is 2.48. The number of allylic oxidation sites excluding steroid dienone is 1. The number of hydrogen-bond donors (Lipinski definition) is 0. The Labute approximate surface area is 155 Å². The van der Waals surface area contributed by atoms with Crippen molar-refractivity contribution in [1.82, 2.24) is 0 Å². The van der Waals surface area contributed by atoms with Crippen LogP contribution in [0.5, 0.6) is 0 Å². The van der Waals surface area contributed by atoms with Crippen LogP contribution < -0.4 is 0 Å². The van der Waals surface area contributed by atoms with Crippen molar-refractivity contribution in [2.75, 3.05) is 0 Å². The molecule has 2 aromatic rings. The molecule has 2 aromatic carbocycles. The van der Waals surface area contributed by atoms with Crippen molar-refractivity contribution in [3.05, 3.63) is 84.4 Å². The fourth-order valence-electron chi connectivity index (χ4n) is 3.03. The summed E-state index contributed by atoms with van der Waals surface area (Å²) in [5.41, 5.74) is -0.302. The second-order valence-corrected chi connectivity index (χ2v) is 7.37. The molecule has 0 aliphatic heterocycles. The van der Waals surface area contributed by atoms with Crippen LogP contribution in [0.2, 0.25) is 0 Å². The molecule has 0 aromatic heterocycles. The molecular weight excluding hydrogens is 322 g/mol. The third-order valence-electron chi connectivity index (χ3n) is 4.21. The normalized spacial score (nSPS) is 14.5. The van der Waals surface area contributed by atoms with Crippen LogP contribution in [-0.4, -0.2) is 11.6 Å². The summed E-state index contributed by atoms with van der Waals surface area (Å²) >= 11 is 0. The summed E-state index contributed by atoms with van der Waals surface area (Å²) in [6.07, 6.45) is 1.93. The topological polar surface area (TPSA) is 50.1 Å². The minimum atomic E-state index is -1.39. The third-order valence-corrected chi connectivity index (χ3v) is 4.21. The van der Waals surface area contributed by atoms with Gasteiger partial charge >= 0.3 is 5.97 Å². The summed E-state index contributed by atoms with van der Waals surface area (Å²) in [6, 6.07) is 21.4. The molecule has 0 spiro atoms. The molecule has 0 N–H and O–H groups in total. The highest BCUT2D eigenvalue weighted by atomic mass is 16.6. The molecule has 3 heteroatoms. The van der Waals surface area contributed by atoms with Crippen molar-refractivity contribution in [3.8, 4) is 6.07 Å². The number of hydrogen-bond acceptors (Lipinski definition) is 3. The predicted molar refractivity (Wildman–Crippen MR) is 103 cm³/mol. The summed E-state index contributed by atoms with van der Waals surface area (Å²) in [5.74, 6) is -1.01. The van der Waals surface area contributed by atoms with Gasteiger partial charge < -0.3 is 4.74 Å². The van der Waals surface area contributed by atoms with Gasteiger partial charge in [0.2, 0.25) is 0 Å². The SMILES string of the molecule is C=C[C@@H](c1ccccc1)[C@](C#N)(Cc1ccccc1)C(=O)OC(C)(C)C. The molecule has 134 valence electrons. The van der Waals surface area contributed by atoms with Crippen molar-refractivity contribution in [3.63, 3.8) is 0 Å². The lowest BCUT2D eigenvalue weighted by atomic mass is 9.69. The molecule has 0 fully saturated rings. The van der Waals surface area contributed by atoms with E-state index in [0.717, 1.165) is 11.1 Å². The van der Waals surface area contributed by atoms with Gasteiger partial charge in [0.25, 0.3) is 0 Å². The third kappa shape index (κ3) is 4.40. The summed E-state index contributed by atoms with van der Waals surface area (Å²) in [5, 5.41) is 10.2. The molecule has 3 nitrogen and oxygen atoms in total. The van der Waals surface area contributed by atoms with Crippen LogP contribution in [0.1, 0.15) is 37.8 Å². The van der Waals surface area contributed by atoms with Gasteiger partial charge in [-0.1, -0.05) is 66.7 Å². The van der Waals surface area contributed by atoms with Crippen LogP contribution in [0.15, 0.2) is 73.3 Å². The molecule has 0 aliphatic carbocycles. The molecule has 2 rings (SSSR count). The van der Waals surface area contributed by atoms with E-state index in [1.54, 1.807) is 26.8 Å². The highest BCUT2D eigenvalue weighted by Crippen LogP contribution is 2.41. The molecule has 26 heavy (non-hydrogen) atoms. The zero-order chi connectivity index (χ0) is 19.2. The first-order chi connectivity index (χ1) is 12.3. The second-order valence-electron chi connectivity index (χ2n) is 7.37. The molecule has 0 amide bonds. The van der Waals surface area contributed by atoms with E-state index in [9.17, 15) is 10.1 Å². The van der Waals surface area contributed by atoms with Crippen LogP contribution in [0, 0.1) is 16.7 Å². The fraction of sp³-hybridized carbons (Fsp3) is 0.304. The van der Waals surface area contributed by atoms with Crippen LogP contribution in [0.4, 0.5) is 0 Å². The van der Waals surface area contributed by atoms with Gasteiger partial charge in [-0.3, -0.25) is 4.79 Å². The largest absolute Gasteiger partial charge is 0.459 e. The molecule has 0 aliphatic rings. The average Bonchev–Trinajstić information content (AvgIpc) is 2.61. The van der Waals surface area contributed by atoms with Crippen LogP contribution in [-0.2, 0) is 16.0 Å². The Morgan fingerprint density at radius 1 is 1.12 bits per heavy atom. The Morgan fingerprint density at radius 2 is 1.65 bits per heavy atom. The van der Waals surface area contributed by atoms with Crippen molar-refractivity contribution in [2.24, 2.45) is 5.41 Å². The van der Waals surface area contributed by atoms with Crippen molar-refractivity contribution in [1.29, 1.82) is 5.26 Å². The monoisotopic (exact) mass is 347 g/mol. The minimum Gasteiger partial charge on any atom is -0.459 e. The number of carbonyl (C=O) groups excluding carboxylic acids is 1. The van der Waals surface area contributed by atoms with E-state index in [2.05, 4.69) is 12.6 Å². The van der Waals surface area contributed by atoms with Crippen molar-refractivity contribution in [2.45, 2.75) is 38.7 Å². The van der Waals surface area contributed by atoms with E-state index in [1.165, 1.54) is 0 Å². The summed E-state index contributed by atoms with van der Waals surface area (Å²) in [4.78, 5) is 13.2. The van der Waals surface area contributed by atoms with E-state index in [0.29, 0.717) is 0 Å². The van der Waals surface area contributed by atoms with Crippen molar-refractivity contribution >= 4 is 5.97 Å². The zero-order valence-electron chi connectivity index (χ0n) is 15.6. The molecule has 2 atom stereocenters. The first-order valence-electron chi connectivity index (χ1n) is 8.68. The maximum absolute atomic E-state index is 13.2. The first kappa shape index (κ1) is 19.5. The Kier molecular flexibility index (Phi) is 6.00. The molecule has 0 bridgehead atoms. The van der Waals surface area contributed by atoms with E-state index < -0.39 is 22.9 Å². The van der Waals surface area contributed by atoms with Gasteiger partial charge in [-0.2, -0.15) is 5.26 Å². The summed E-state index contributed by atoms with van der Waals surface area (Å²) in [6.45, 7) is 9.33. The lowest BCUT2D eigenvalue weighted by Gasteiger charge is -2.34. The molecular formula is C23H25NO2. The lowest BCUT2D eigenvalue weighted by molar-refractivity contribution is -0.164. The number of nitriles is 1. The van der Waals surface area contributed by atoms with Crippen LogP contribution in [0.3, 0.4) is 0 Å². The van der Waals surface area contributed by atoms with Gasteiger partial charge in [0.1, 0.15) is 5.60 Å². The van der Waals surface area contributed by atoms with Gasteiger partial charge in [-0.05, 0) is 31.9 Å². The van der Waals surface area contributed by atoms with E-state index in [4.69, 9.17) is 4.74 Å². The van der Waals surface area contributed by atoms with E-state index in [-0.39, 0.29) is 6.42 Å². The molecule has 0 saturated heterocycles. The number of ether oxygens (including phenoxy) is 1.